The molecule has 8 aliphatic rings. The van der Waals surface area contributed by atoms with Crippen LogP contribution < -0.4 is 25.6 Å². The number of rotatable bonds is 20. The van der Waals surface area contributed by atoms with Gasteiger partial charge in [0.2, 0.25) is 11.8 Å². The molecule has 6 saturated carbocycles. The SMILES string of the molecule is COc1c(CN2O[C@@H](CO)[C@@H]([C@H](C)O)[C@H]2C(=O)N[C@H]2C[C@H]3C[C@@H]([C@@H]2C)C3(C)C)cccc1-c1cc(C=O)cc(C=O)c1.COc1c(I)cccc1CN1O[C@@H](CO)[C@@H]([C@H](C)O)[C@H]1C(=O)N[C@H]1C[C@H]2C[C@@H]([C@@H]1C)C2(C)C.O=Cc1cc(C=O)cc(B(O)O)c1. The number of aldehydes is 4. The highest BCUT2D eigenvalue weighted by Crippen LogP contribution is 2.62. The highest BCUT2D eigenvalue weighted by atomic mass is 127. The Labute approximate surface area is 529 Å². The van der Waals surface area contributed by atoms with Gasteiger partial charge in [-0.25, -0.2) is 0 Å². The van der Waals surface area contributed by atoms with Crippen LogP contribution >= 0.6 is 22.6 Å². The summed E-state index contributed by atoms with van der Waals surface area (Å²) >= 11 is 2.22. The molecule has 2 amide bonds. The van der Waals surface area contributed by atoms with Gasteiger partial charge in [0.25, 0.3) is 0 Å². The second kappa shape index (κ2) is 28.8. The minimum atomic E-state index is -1.67. The van der Waals surface area contributed by atoms with Gasteiger partial charge in [0, 0.05) is 62.9 Å². The van der Waals surface area contributed by atoms with Crippen molar-refractivity contribution in [2.75, 3.05) is 27.4 Å². The maximum atomic E-state index is 14.0. The van der Waals surface area contributed by atoms with Gasteiger partial charge in [0.1, 0.15) is 60.9 Å². The van der Waals surface area contributed by atoms with E-state index in [0.29, 0.717) is 106 Å². The van der Waals surface area contributed by atoms with Gasteiger partial charge in [-0.05, 0) is 150 Å². The van der Waals surface area contributed by atoms with Crippen LogP contribution in [0, 0.1) is 61.7 Å². The summed E-state index contributed by atoms with van der Waals surface area (Å²) in [4.78, 5) is 83.6. The molecule has 2 aliphatic heterocycles. The Morgan fingerprint density at radius 1 is 0.648 bits per heavy atom. The van der Waals surface area contributed by atoms with Crippen molar-refractivity contribution in [3.8, 4) is 22.6 Å². The second-order valence-electron chi connectivity index (χ2n) is 26.1. The number of carbonyl (C=O) groups is 6. The maximum absolute atomic E-state index is 14.0. The van der Waals surface area contributed by atoms with Crippen molar-refractivity contribution < 1.29 is 78.4 Å². The first kappa shape index (κ1) is 68.4. The number of nitrogens with one attached hydrogen (secondary N) is 2. The molecule has 4 aromatic carbocycles. The van der Waals surface area contributed by atoms with Crippen molar-refractivity contribution in [3.63, 3.8) is 0 Å². The Morgan fingerprint density at radius 3 is 1.40 bits per heavy atom. The number of aliphatic hydroxyl groups is 4. The summed E-state index contributed by atoms with van der Waals surface area (Å²) < 4.78 is 12.4. The molecule has 4 bridgehead atoms. The van der Waals surface area contributed by atoms with E-state index >= 15 is 0 Å². The van der Waals surface area contributed by atoms with Crippen molar-refractivity contribution in [3.05, 3.63) is 110 Å². The first-order valence-electron chi connectivity index (χ1n) is 30.3. The lowest BCUT2D eigenvalue weighted by Gasteiger charge is -2.62. The van der Waals surface area contributed by atoms with Crippen LogP contribution in [0.2, 0.25) is 0 Å². The summed E-state index contributed by atoms with van der Waals surface area (Å²) in [5.74, 6) is 2.81. The van der Waals surface area contributed by atoms with Crippen LogP contribution in [-0.4, -0.2) is 161 Å². The van der Waals surface area contributed by atoms with E-state index in [9.17, 15) is 49.2 Å². The summed E-state index contributed by atoms with van der Waals surface area (Å²) in [6, 6.07) is 18.9. The summed E-state index contributed by atoms with van der Waals surface area (Å²) in [7, 11) is 1.50. The van der Waals surface area contributed by atoms with Crippen LogP contribution in [0.25, 0.3) is 11.1 Å². The monoisotopic (exact) mass is 1330 g/mol. The minimum Gasteiger partial charge on any atom is -0.496 e. The Balaban J connectivity index is 0.000000193. The van der Waals surface area contributed by atoms with E-state index in [1.165, 1.54) is 44.2 Å². The van der Waals surface area contributed by atoms with Gasteiger partial charge in [-0.1, -0.05) is 84.0 Å². The summed E-state index contributed by atoms with van der Waals surface area (Å²) in [5, 5.41) is 68.8. The van der Waals surface area contributed by atoms with Gasteiger partial charge in [-0.2, -0.15) is 10.1 Å². The number of nitrogens with zero attached hydrogens (tertiary/aromatic N) is 2. The predicted octanol–water partition coefficient (Wildman–Crippen LogP) is 5.60. The molecule has 2 heterocycles. The van der Waals surface area contributed by atoms with Gasteiger partial charge in [-0.15, -0.1) is 0 Å². The molecule has 476 valence electrons. The topological polar surface area (TPSA) is 291 Å². The maximum Gasteiger partial charge on any atom is 0.488 e. The zero-order valence-electron chi connectivity index (χ0n) is 51.7. The first-order valence-corrected chi connectivity index (χ1v) is 31.4. The molecule has 0 unspecified atom stereocenters. The van der Waals surface area contributed by atoms with Crippen molar-refractivity contribution in [2.24, 2.45) is 58.2 Å². The fourth-order valence-corrected chi connectivity index (χ4v) is 16.1. The van der Waals surface area contributed by atoms with Crippen LogP contribution in [0.5, 0.6) is 11.5 Å². The molecule has 16 atom stereocenters. The standard InChI is InChI=1S/C33H42N2O7.C25H37IN2O5.C8H7BO4/c1-18-26-12-24(33(26,3)4)13-27(18)34-32(40)30-29(19(2)39)28(17-38)42-35(30)14-22-7-6-8-25(31(22)41-5)23-10-20(15-36)9-21(11-23)16-37;1-13-17-9-16(25(17,3)4)10-19(13)27-24(31)22-21(14(2)30)20(12-29)33-28(22)11-15-7-6-8-18(26)23(15)32-5;10-4-6-1-7(5-11)3-8(2-6)9(12)13/h6-11,15-16,18-19,24,26-30,38-39H,12-14,17H2,1-5H3,(H,34,40);6-8,13-14,16-17,19-22,29-30H,9-12H2,1-5H3,(H,27,31);1-5,12-13H/t18-,19-,24+,26-,27-,28-,29+,30-;13-,14-,16+,17-,19-,20-,21+,22-;/m00./s1. The Bertz CT molecular complexity index is 3110. The predicted molar refractivity (Wildman–Crippen MR) is 337 cm³/mol. The number of ether oxygens (including phenoxy) is 2. The number of aliphatic hydroxyl groups excluding tert-OH is 4. The van der Waals surface area contributed by atoms with Crippen LogP contribution in [0.3, 0.4) is 0 Å². The molecule has 0 spiro atoms. The van der Waals surface area contributed by atoms with Crippen molar-refractivity contribution in [2.45, 2.75) is 143 Å². The van der Waals surface area contributed by atoms with Gasteiger partial charge in [0.15, 0.2) is 0 Å². The van der Waals surface area contributed by atoms with Gasteiger partial charge in [-0.3, -0.25) is 38.4 Å². The molecule has 8 N–H and O–H groups in total. The van der Waals surface area contributed by atoms with E-state index in [1.54, 1.807) is 43.2 Å². The zero-order valence-corrected chi connectivity index (χ0v) is 53.9. The molecule has 4 aromatic rings. The molecule has 22 heteroatoms. The fourth-order valence-electron chi connectivity index (χ4n) is 15.3. The lowest BCUT2D eigenvalue weighted by Crippen LogP contribution is -2.62. The van der Waals surface area contributed by atoms with Crippen LogP contribution in [0.15, 0.2) is 72.8 Å². The molecule has 6 aliphatic carbocycles. The Hall–Kier alpha value is -5.51. The highest BCUT2D eigenvalue weighted by molar-refractivity contribution is 14.1. The Kier molecular flexibility index (Phi) is 22.4. The van der Waals surface area contributed by atoms with Crippen LogP contribution in [0.4, 0.5) is 0 Å². The largest absolute Gasteiger partial charge is 0.496 e. The molecule has 8 fully saturated rings. The van der Waals surface area contributed by atoms with E-state index in [0.717, 1.165) is 27.7 Å². The smallest absolute Gasteiger partial charge is 0.488 e. The molecule has 2 saturated heterocycles. The molecular formula is C66H86BIN4O16. The number of hydroxylamine groups is 4. The number of fused-ring (bicyclic) bond motifs is 4. The number of hydrogen-bond acceptors (Lipinski definition) is 18. The number of hydrogen-bond donors (Lipinski definition) is 8. The van der Waals surface area contributed by atoms with Crippen LogP contribution in [0.1, 0.15) is 134 Å². The van der Waals surface area contributed by atoms with Crippen molar-refractivity contribution in [1.29, 1.82) is 0 Å². The van der Waals surface area contributed by atoms with Crippen molar-refractivity contribution in [1.82, 2.24) is 20.8 Å². The number of amides is 2. The molecule has 88 heavy (non-hydrogen) atoms. The highest BCUT2D eigenvalue weighted by Gasteiger charge is 2.59. The lowest BCUT2D eigenvalue weighted by molar-refractivity contribution is -0.183. The molecule has 0 aromatic heterocycles. The molecule has 20 nitrogen and oxygen atoms in total. The van der Waals surface area contributed by atoms with Crippen molar-refractivity contribution >= 4 is 72.1 Å². The van der Waals surface area contributed by atoms with Gasteiger partial charge >= 0.3 is 7.12 Å². The number of carbonyl (C=O) groups excluding carboxylic acids is 6. The van der Waals surface area contributed by atoms with Crippen LogP contribution in [-0.2, 0) is 32.4 Å². The van der Waals surface area contributed by atoms with Gasteiger partial charge < -0.3 is 50.6 Å². The average molecular weight is 1330 g/mol. The third kappa shape index (κ3) is 14.0. The first-order chi connectivity index (χ1) is 41.8. The van der Waals surface area contributed by atoms with E-state index in [1.807, 2.05) is 36.4 Å². The number of benzene rings is 4. The quantitative estimate of drug-likeness (QED) is 0.0304. The summed E-state index contributed by atoms with van der Waals surface area (Å²) in [6.07, 6.45) is 3.69. The van der Waals surface area contributed by atoms with E-state index in [4.69, 9.17) is 29.2 Å². The third-order valence-electron chi connectivity index (χ3n) is 20.5. The zero-order chi connectivity index (χ0) is 64.3. The fraction of sp³-hybridized carbons (Fsp3) is 0.545. The summed E-state index contributed by atoms with van der Waals surface area (Å²) in [5.41, 5.74) is 4.88. The molecule has 0 radical (unpaired) electrons. The molecular weight excluding hydrogens is 1240 g/mol. The van der Waals surface area contributed by atoms with E-state index < -0.39 is 55.5 Å². The summed E-state index contributed by atoms with van der Waals surface area (Å²) in [6.45, 7) is 16.9. The third-order valence-corrected chi connectivity index (χ3v) is 21.3. The average Bonchev–Trinajstić information content (AvgIpc) is 1.14. The van der Waals surface area contributed by atoms with E-state index in [2.05, 4.69) is 74.8 Å². The normalized spacial score (nSPS) is 29.6. The second-order valence-corrected chi connectivity index (χ2v) is 27.2. The molecule has 12 rings (SSSR count). The van der Waals surface area contributed by atoms with Gasteiger partial charge in [0.05, 0.1) is 56.3 Å². The Morgan fingerprint density at radius 2 is 1.05 bits per heavy atom. The van der Waals surface area contributed by atoms with E-state index in [-0.39, 0.29) is 65.7 Å². The minimum absolute atomic E-state index is 0.0360. The number of methoxy groups -OCH3 is 2. The number of para-hydroxylation sites is 2. The number of halogens is 1. The lowest BCUT2D eigenvalue weighted by atomic mass is 9.45.